The third kappa shape index (κ3) is 2.10. The van der Waals surface area contributed by atoms with Crippen molar-refractivity contribution in [1.29, 1.82) is 5.26 Å². The molecule has 0 unspecified atom stereocenters. The molecule has 2 aromatic carbocycles. The van der Waals surface area contributed by atoms with Crippen LogP contribution in [0.3, 0.4) is 0 Å². The van der Waals surface area contributed by atoms with Crippen LogP contribution in [0.2, 0.25) is 0 Å². The molecule has 3 rings (SSSR count). The summed E-state index contributed by atoms with van der Waals surface area (Å²) in [6, 6.07) is 13.5. The van der Waals surface area contributed by atoms with Crippen molar-refractivity contribution in [3.8, 4) is 6.07 Å². The standard InChI is InChI=1S/C15H9FN2OS/c16-13-7-10(8-17)5-6-11(13)9-18-15(19)12-3-1-2-4-14(12)20-18/h1-7H,9H2. The molecule has 0 bridgehead atoms. The van der Waals surface area contributed by atoms with Crippen LogP contribution in [0.25, 0.3) is 10.1 Å². The van der Waals surface area contributed by atoms with Crippen molar-refractivity contribution >= 4 is 21.6 Å². The van der Waals surface area contributed by atoms with Crippen LogP contribution in [0.1, 0.15) is 11.1 Å². The van der Waals surface area contributed by atoms with E-state index in [-0.39, 0.29) is 17.7 Å². The molecule has 5 heteroatoms. The quantitative estimate of drug-likeness (QED) is 0.726. The fourth-order valence-electron chi connectivity index (χ4n) is 2.02. The van der Waals surface area contributed by atoms with Crippen molar-refractivity contribution in [3.05, 3.63) is 69.8 Å². The first-order chi connectivity index (χ1) is 9.69. The molecule has 0 saturated carbocycles. The lowest BCUT2D eigenvalue weighted by Gasteiger charge is -2.03. The number of fused-ring (bicyclic) bond motifs is 1. The minimum atomic E-state index is -0.464. The lowest BCUT2D eigenvalue weighted by atomic mass is 10.1. The Kier molecular flexibility index (Phi) is 3.09. The van der Waals surface area contributed by atoms with E-state index in [0.717, 1.165) is 4.70 Å². The van der Waals surface area contributed by atoms with Crippen molar-refractivity contribution < 1.29 is 4.39 Å². The van der Waals surface area contributed by atoms with Gasteiger partial charge in [-0.1, -0.05) is 29.7 Å². The number of hydrogen-bond acceptors (Lipinski definition) is 3. The Balaban J connectivity index is 2.04. The molecule has 0 saturated heterocycles. The number of aromatic nitrogens is 1. The lowest BCUT2D eigenvalue weighted by molar-refractivity contribution is 0.603. The Labute approximate surface area is 118 Å². The van der Waals surface area contributed by atoms with Crippen LogP contribution in [-0.4, -0.2) is 3.96 Å². The summed E-state index contributed by atoms with van der Waals surface area (Å²) in [6.45, 7) is 0.176. The van der Waals surface area contributed by atoms with Crippen molar-refractivity contribution in [2.75, 3.05) is 0 Å². The molecule has 3 aromatic rings. The summed E-state index contributed by atoms with van der Waals surface area (Å²) in [5.74, 6) is -0.464. The molecule has 1 aromatic heterocycles. The minimum absolute atomic E-state index is 0.116. The van der Waals surface area contributed by atoms with Crippen molar-refractivity contribution in [1.82, 2.24) is 3.96 Å². The average Bonchev–Trinajstić information content (AvgIpc) is 2.78. The van der Waals surface area contributed by atoms with Gasteiger partial charge in [0.05, 0.1) is 28.3 Å². The molecule has 98 valence electrons. The van der Waals surface area contributed by atoms with Gasteiger partial charge < -0.3 is 0 Å². The largest absolute Gasteiger partial charge is 0.268 e. The summed E-state index contributed by atoms with van der Waals surface area (Å²) in [6.07, 6.45) is 0. The van der Waals surface area contributed by atoms with Crippen LogP contribution in [0.4, 0.5) is 4.39 Å². The summed E-state index contributed by atoms with van der Waals surface area (Å²) in [5.41, 5.74) is 0.557. The van der Waals surface area contributed by atoms with E-state index in [9.17, 15) is 9.18 Å². The fraction of sp³-hybridized carbons (Fsp3) is 0.0667. The molecule has 0 aliphatic heterocycles. The maximum absolute atomic E-state index is 13.8. The van der Waals surface area contributed by atoms with Crippen molar-refractivity contribution in [2.45, 2.75) is 6.54 Å². The zero-order chi connectivity index (χ0) is 14.1. The molecule has 1 heterocycles. The second-order valence-electron chi connectivity index (χ2n) is 4.35. The SMILES string of the molecule is N#Cc1ccc(Cn2sc3ccccc3c2=O)c(F)c1. The van der Waals surface area contributed by atoms with Crippen LogP contribution in [0.15, 0.2) is 47.3 Å². The fourth-order valence-corrected chi connectivity index (χ4v) is 3.04. The summed E-state index contributed by atoms with van der Waals surface area (Å²) in [4.78, 5) is 12.2. The van der Waals surface area contributed by atoms with E-state index in [0.29, 0.717) is 10.9 Å². The molecule has 0 radical (unpaired) electrons. The van der Waals surface area contributed by atoms with Crippen molar-refractivity contribution in [3.63, 3.8) is 0 Å². The van der Waals surface area contributed by atoms with E-state index in [1.165, 1.54) is 21.6 Å². The zero-order valence-corrected chi connectivity index (χ0v) is 11.2. The lowest BCUT2D eigenvalue weighted by Crippen LogP contribution is -2.14. The predicted molar refractivity (Wildman–Crippen MR) is 76.3 cm³/mol. The van der Waals surface area contributed by atoms with Gasteiger partial charge in [0.25, 0.3) is 5.56 Å². The topological polar surface area (TPSA) is 45.8 Å². The third-order valence-corrected chi connectivity index (χ3v) is 4.12. The Morgan fingerprint density at radius 1 is 1.25 bits per heavy atom. The third-order valence-electron chi connectivity index (χ3n) is 3.05. The molecule has 0 amide bonds. The predicted octanol–water partition coefficient (Wildman–Crippen LogP) is 3.12. The molecule has 0 aliphatic rings. The number of halogens is 1. The van der Waals surface area contributed by atoms with E-state index < -0.39 is 5.82 Å². The van der Waals surface area contributed by atoms with Gasteiger partial charge in [-0.05, 0) is 24.3 Å². The Bertz CT molecular complexity index is 889. The van der Waals surface area contributed by atoms with Gasteiger partial charge in [0, 0.05) is 5.56 Å². The van der Waals surface area contributed by atoms with Gasteiger partial charge in [0.1, 0.15) is 5.82 Å². The molecule has 0 spiro atoms. The Hall–Kier alpha value is -2.45. The molecule has 0 fully saturated rings. The monoisotopic (exact) mass is 284 g/mol. The first-order valence-corrected chi connectivity index (χ1v) is 6.74. The van der Waals surface area contributed by atoms with Gasteiger partial charge in [-0.3, -0.25) is 8.75 Å². The van der Waals surface area contributed by atoms with Crippen LogP contribution < -0.4 is 5.56 Å². The zero-order valence-electron chi connectivity index (χ0n) is 10.3. The summed E-state index contributed by atoms with van der Waals surface area (Å²) in [5, 5.41) is 9.36. The molecule has 3 nitrogen and oxygen atoms in total. The molecular formula is C15H9FN2OS. The summed E-state index contributed by atoms with van der Waals surface area (Å²) in [7, 11) is 0. The molecular weight excluding hydrogens is 275 g/mol. The first kappa shape index (κ1) is 12.6. The van der Waals surface area contributed by atoms with E-state index in [2.05, 4.69) is 0 Å². The highest BCUT2D eigenvalue weighted by Crippen LogP contribution is 2.18. The van der Waals surface area contributed by atoms with Crippen LogP contribution in [-0.2, 0) is 6.54 Å². The molecule has 20 heavy (non-hydrogen) atoms. The highest BCUT2D eigenvalue weighted by molar-refractivity contribution is 7.13. The smallest absolute Gasteiger partial charge is 0.268 e. The van der Waals surface area contributed by atoms with Gasteiger partial charge in [-0.25, -0.2) is 4.39 Å². The van der Waals surface area contributed by atoms with Gasteiger partial charge in [0.15, 0.2) is 0 Å². The van der Waals surface area contributed by atoms with Crippen LogP contribution >= 0.6 is 11.5 Å². The second-order valence-corrected chi connectivity index (χ2v) is 5.41. The first-order valence-electron chi connectivity index (χ1n) is 5.96. The van der Waals surface area contributed by atoms with Gasteiger partial charge in [-0.2, -0.15) is 5.26 Å². The summed E-state index contributed by atoms with van der Waals surface area (Å²) < 4.78 is 16.3. The van der Waals surface area contributed by atoms with E-state index >= 15 is 0 Å². The van der Waals surface area contributed by atoms with E-state index in [1.54, 1.807) is 18.2 Å². The summed E-state index contributed by atoms with van der Waals surface area (Å²) >= 11 is 1.31. The van der Waals surface area contributed by atoms with E-state index in [1.807, 2.05) is 24.3 Å². The number of rotatable bonds is 2. The molecule has 0 atom stereocenters. The Morgan fingerprint density at radius 3 is 2.75 bits per heavy atom. The number of hydrogen-bond donors (Lipinski definition) is 0. The maximum Gasteiger partial charge on any atom is 0.268 e. The number of nitrogens with zero attached hydrogens (tertiary/aromatic N) is 2. The number of nitriles is 1. The maximum atomic E-state index is 13.8. The average molecular weight is 284 g/mol. The second kappa shape index (κ2) is 4.91. The van der Waals surface area contributed by atoms with Crippen molar-refractivity contribution in [2.24, 2.45) is 0 Å². The highest BCUT2D eigenvalue weighted by atomic mass is 32.1. The normalized spacial score (nSPS) is 10.6. The number of benzene rings is 2. The van der Waals surface area contributed by atoms with Crippen LogP contribution in [0, 0.1) is 17.1 Å². The minimum Gasteiger partial charge on any atom is -0.268 e. The Morgan fingerprint density at radius 2 is 2.05 bits per heavy atom. The highest BCUT2D eigenvalue weighted by Gasteiger charge is 2.10. The van der Waals surface area contributed by atoms with Crippen LogP contribution in [0.5, 0.6) is 0 Å². The van der Waals surface area contributed by atoms with E-state index in [4.69, 9.17) is 5.26 Å². The molecule has 0 aliphatic carbocycles. The van der Waals surface area contributed by atoms with Gasteiger partial charge in [0.2, 0.25) is 0 Å². The van der Waals surface area contributed by atoms with Gasteiger partial charge >= 0.3 is 0 Å². The van der Waals surface area contributed by atoms with Gasteiger partial charge in [-0.15, -0.1) is 0 Å². The molecule has 0 N–H and O–H groups in total.